The van der Waals surface area contributed by atoms with E-state index in [-0.39, 0.29) is 76.6 Å². The maximum absolute atomic E-state index is 12.6. The van der Waals surface area contributed by atoms with Crippen molar-refractivity contribution in [2.75, 3.05) is 38.7 Å². The van der Waals surface area contributed by atoms with Crippen LogP contribution in [0.2, 0.25) is 0 Å². The van der Waals surface area contributed by atoms with Crippen LogP contribution in [0.1, 0.15) is 32.8 Å². The number of likely N-dealkylation sites (N-methyl/N-ethyl adjacent to an activating group) is 1. The number of benzene rings is 2. The first-order valence-electron chi connectivity index (χ1n) is 15.7. The highest BCUT2D eigenvalue weighted by atomic mass is 19.4. The summed E-state index contributed by atoms with van der Waals surface area (Å²) in [6, 6.07) is 13.5. The number of nitrogens with two attached hydrogens (primary N) is 1. The maximum atomic E-state index is 12.6. The van der Waals surface area contributed by atoms with Gasteiger partial charge >= 0.3 is 6.18 Å². The van der Waals surface area contributed by atoms with Crippen LogP contribution < -0.4 is 25.8 Å². The zero-order valence-corrected chi connectivity index (χ0v) is 28.5. The van der Waals surface area contributed by atoms with E-state index in [1.165, 1.54) is 40.2 Å². The average Bonchev–Trinajstić information content (AvgIpc) is 3.53. The van der Waals surface area contributed by atoms with Crippen LogP contribution >= 0.6 is 0 Å². The Morgan fingerprint density at radius 3 is 2.23 bits per heavy atom. The van der Waals surface area contributed by atoms with E-state index in [0.29, 0.717) is 22.9 Å². The second-order valence-electron chi connectivity index (χ2n) is 10.5. The van der Waals surface area contributed by atoms with Gasteiger partial charge in [-0.15, -0.1) is 0 Å². The lowest BCUT2D eigenvalue weighted by atomic mass is 10.2. The molecule has 0 radical (unpaired) electrons. The minimum atomic E-state index is -4.41. The SMILES string of the molecule is C.C=C/C(=C\N)NC(=O)CCOC(=C)/C=C\C.CN(CCOc1ccc(C(F)(F)F)cc1)C(=O)Cn1cc(NC(=O)CCOc2ccccc2)cn1. The number of nitrogens with zero attached hydrogens (tertiary/aromatic N) is 3. The molecule has 0 bridgehead atoms. The summed E-state index contributed by atoms with van der Waals surface area (Å²) in [5.41, 5.74) is 5.43. The van der Waals surface area contributed by atoms with E-state index in [9.17, 15) is 27.6 Å². The number of alkyl halides is 3. The van der Waals surface area contributed by atoms with Gasteiger partial charge in [0.05, 0.1) is 55.7 Å². The molecule has 1 heterocycles. The molecule has 0 saturated heterocycles. The summed E-state index contributed by atoms with van der Waals surface area (Å²) >= 11 is 0. The zero-order chi connectivity index (χ0) is 37.6. The minimum absolute atomic E-state index is 0. The third-order valence-corrected chi connectivity index (χ3v) is 6.51. The molecule has 3 amide bonds. The molecule has 0 aliphatic carbocycles. The summed E-state index contributed by atoms with van der Waals surface area (Å²) in [6.07, 6.45) is 5.27. The third kappa shape index (κ3) is 17.6. The first-order valence-corrected chi connectivity index (χ1v) is 15.7. The topological polar surface area (TPSA) is 150 Å². The first-order chi connectivity index (χ1) is 24.3. The number of para-hydroxylation sites is 1. The quantitative estimate of drug-likeness (QED) is 0.106. The van der Waals surface area contributed by atoms with E-state index in [2.05, 4.69) is 28.9 Å². The van der Waals surface area contributed by atoms with Gasteiger partial charge in [-0.05, 0) is 55.5 Å². The molecule has 0 spiro atoms. The van der Waals surface area contributed by atoms with Gasteiger partial charge in [0, 0.05) is 19.4 Å². The number of allylic oxidation sites excluding steroid dienone is 3. The zero-order valence-electron chi connectivity index (χ0n) is 28.5. The molecule has 4 N–H and O–H groups in total. The summed E-state index contributed by atoms with van der Waals surface area (Å²) in [5.74, 6) is 0.821. The molecule has 1 aromatic heterocycles. The molecule has 3 rings (SSSR count). The fourth-order valence-electron chi connectivity index (χ4n) is 3.83. The molecule has 12 nitrogen and oxygen atoms in total. The Morgan fingerprint density at radius 1 is 0.981 bits per heavy atom. The van der Waals surface area contributed by atoms with Crippen LogP contribution in [0.15, 0.2) is 116 Å². The van der Waals surface area contributed by atoms with Crippen molar-refractivity contribution in [3.63, 3.8) is 0 Å². The van der Waals surface area contributed by atoms with Crippen LogP contribution in [0.25, 0.3) is 0 Å². The van der Waals surface area contributed by atoms with Gasteiger partial charge in [-0.1, -0.05) is 44.9 Å². The van der Waals surface area contributed by atoms with Crippen molar-refractivity contribution in [3.8, 4) is 11.5 Å². The number of carbonyl (C=O) groups is 3. The van der Waals surface area contributed by atoms with E-state index < -0.39 is 11.7 Å². The molecular formula is C37H47F3N6O6. The first kappa shape index (κ1) is 44.0. The minimum Gasteiger partial charge on any atom is -0.494 e. The van der Waals surface area contributed by atoms with Crippen molar-refractivity contribution < 1.29 is 41.8 Å². The highest BCUT2D eigenvalue weighted by Crippen LogP contribution is 2.30. The number of rotatable bonds is 18. The number of halogens is 3. The highest BCUT2D eigenvalue weighted by Gasteiger charge is 2.30. The van der Waals surface area contributed by atoms with Gasteiger partial charge < -0.3 is 35.5 Å². The van der Waals surface area contributed by atoms with Crippen molar-refractivity contribution in [1.82, 2.24) is 20.0 Å². The lowest BCUT2D eigenvalue weighted by Crippen LogP contribution is -2.33. The predicted molar refractivity (Wildman–Crippen MR) is 194 cm³/mol. The van der Waals surface area contributed by atoms with Crippen LogP contribution in [-0.4, -0.2) is 65.8 Å². The number of aromatic nitrogens is 2. The van der Waals surface area contributed by atoms with Gasteiger partial charge in [0.1, 0.15) is 30.4 Å². The number of carbonyl (C=O) groups excluding carboxylic acids is 3. The van der Waals surface area contributed by atoms with Crippen LogP contribution in [0.4, 0.5) is 18.9 Å². The summed E-state index contributed by atoms with van der Waals surface area (Å²) in [6.45, 7) is 9.80. The standard InChI is InChI=1S/C24H25F3N4O4.C12H18N2O2.CH4/c1-30(12-14-35-21-9-7-18(8-10-21)24(25,26)27)23(33)17-31-16-19(15-28-31)29-22(32)11-13-34-20-5-3-2-4-6-20;1-4-6-10(3)16-8-7-12(15)14-11(5-2)9-13;/h2-10,15-16H,11-14,17H2,1H3,(H,29,32);4-6,9H,2-3,7-8,13H2,1H3,(H,14,15);1H4/b;6-4-,11-9+;. The maximum Gasteiger partial charge on any atom is 0.416 e. The Kier molecular flexibility index (Phi) is 19.8. The van der Waals surface area contributed by atoms with E-state index in [1.807, 2.05) is 31.2 Å². The van der Waals surface area contributed by atoms with E-state index in [1.54, 1.807) is 31.5 Å². The second-order valence-corrected chi connectivity index (χ2v) is 10.5. The molecule has 3 aromatic rings. The Labute approximate surface area is 302 Å². The molecule has 2 aromatic carbocycles. The highest BCUT2D eigenvalue weighted by molar-refractivity contribution is 5.90. The number of amides is 3. The summed E-state index contributed by atoms with van der Waals surface area (Å²) in [5, 5.41) is 9.35. The van der Waals surface area contributed by atoms with Crippen molar-refractivity contribution in [2.24, 2.45) is 5.73 Å². The molecule has 0 aliphatic rings. The normalized spacial score (nSPS) is 10.9. The van der Waals surface area contributed by atoms with E-state index in [4.69, 9.17) is 19.9 Å². The number of ether oxygens (including phenoxy) is 3. The Bertz CT molecular complexity index is 1620. The van der Waals surface area contributed by atoms with Gasteiger partial charge in [0.25, 0.3) is 0 Å². The number of nitrogens with one attached hydrogen (secondary N) is 2. The molecule has 15 heteroatoms. The number of hydrogen-bond donors (Lipinski definition) is 3. The van der Waals surface area contributed by atoms with Crippen LogP contribution in [0.5, 0.6) is 11.5 Å². The van der Waals surface area contributed by atoms with Crippen molar-refractivity contribution in [1.29, 1.82) is 0 Å². The van der Waals surface area contributed by atoms with Crippen molar-refractivity contribution in [2.45, 2.75) is 39.9 Å². The molecule has 0 saturated carbocycles. The van der Waals surface area contributed by atoms with Crippen molar-refractivity contribution in [3.05, 3.63) is 122 Å². The molecular weight excluding hydrogens is 681 g/mol. The monoisotopic (exact) mass is 728 g/mol. The largest absolute Gasteiger partial charge is 0.494 e. The number of anilines is 1. The van der Waals surface area contributed by atoms with Crippen LogP contribution in [0, 0.1) is 0 Å². The van der Waals surface area contributed by atoms with Crippen LogP contribution in [0.3, 0.4) is 0 Å². The van der Waals surface area contributed by atoms with E-state index >= 15 is 0 Å². The predicted octanol–water partition coefficient (Wildman–Crippen LogP) is 6.07. The van der Waals surface area contributed by atoms with Gasteiger partial charge in [0.15, 0.2) is 0 Å². The summed E-state index contributed by atoms with van der Waals surface area (Å²) in [4.78, 5) is 37.2. The van der Waals surface area contributed by atoms with E-state index in [0.717, 1.165) is 12.1 Å². The van der Waals surface area contributed by atoms with Gasteiger partial charge in [-0.2, -0.15) is 18.3 Å². The van der Waals surface area contributed by atoms with Gasteiger partial charge in [0.2, 0.25) is 17.7 Å². The molecule has 0 atom stereocenters. The fourth-order valence-corrected chi connectivity index (χ4v) is 3.83. The van der Waals surface area contributed by atoms with Gasteiger partial charge in [-0.3, -0.25) is 19.1 Å². The Balaban J connectivity index is 0.000000674. The Morgan fingerprint density at radius 2 is 1.62 bits per heavy atom. The number of hydrogen-bond acceptors (Lipinski definition) is 8. The molecule has 0 unspecified atom stereocenters. The third-order valence-electron chi connectivity index (χ3n) is 6.51. The molecule has 0 fully saturated rings. The van der Waals surface area contributed by atoms with Crippen LogP contribution in [-0.2, 0) is 31.8 Å². The Hall–Kier alpha value is -5.99. The average molecular weight is 729 g/mol. The summed E-state index contributed by atoms with van der Waals surface area (Å²) in [7, 11) is 1.58. The van der Waals surface area contributed by atoms with Crippen molar-refractivity contribution >= 4 is 23.4 Å². The lowest BCUT2D eigenvalue weighted by molar-refractivity contribution is -0.137. The van der Waals surface area contributed by atoms with Gasteiger partial charge in [-0.25, -0.2) is 0 Å². The fraction of sp³-hybridized carbons (Fsp3) is 0.297. The molecule has 282 valence electrons. The molecule has 0 aliphatic heterocycles. The second kappa shape index (κ2) is 23.4. The lowest BCUT2D eigenvalue weighted by Gasteiger charge is -2.17. The molecule has 52 heavy (non-hydrogen) atoms. The smallest absolute Gasteiger partial charge is 0.416 e. The summed E-state index contributed by atoms with van der Waals surface area (Å²) < 4.78 is 55.3.